The molecule has 1 aromatic heterocycles. The van der Waals surface area contributed by atoms with Crippen LogP contribution in [0, 0.1) is 13.8 Å². The largest absolute Gasteiger partial charge is 0.325 e. The summed E-state index contributed by atoms with van der Waals surface area (Å²) in [5.74, 6) is -0.697. The van der Waals surface area contributed by atoms with Crippen LogP contribution in [0.2, 0.25) is 5.02 Å². The number of hydrogen-bond donors (Lipinski definition) is 2. The molecule has 10 nitrogen and oxygen atoms in total. The van der Waals surface area contributed by atoms with Gasteiger partial charge in [-0.1, -0.05) is 35.9 Å². The zero-order valence-corrected chi connectivity index (χ0v) is 23.3. The first-order chi connectivity index (χ1) is 18.4. The summed E-state index contributed by atoms with van der Waals surface area (Å²) in [5.41, 5.74) is 1.70. The van der Waals surface area contributed by atoms with Crippen LogP contribution in [-0.2, 0) is 24.8 Å². The lowest BCUT2D eigenvalue weighted by molar-refractivity contribution is -0.114. The van der Waals surface area contributed by atoms with E-state index in [2.05, 4.69) is 20.0 Å². The third kappa shape index (κ3) is 6.91. The summed E-state index contributed by atoms with van der Waals surface area (Å²) in [4.78, 5) is 21.0. The number of carbonyl (C=O) groups excluding carboxylic acids is 1. The van der Waals surface area contributed by atoms with Crippen molar-refractivity contribution in [3.8, 4) is 0 Å². The number of halogens is 1. The molecule has 0 fully saturated rings. The Morgan fingerprint density at radius 3 is 2.08 bits per heavy atom. The van der Waals surface area contributed by atoms with E-state index in [0.717, 1.165) is 4.31 Å². The number of nitrogens with one attached hydrogen (secondary N) is 2. The van der Waals surface area contributed by atoms with Crippen LogP contribution in [0.1, 0.15) is 11.4 Å². The summed E-state index contributed by atoms with van der Waals surface area (Å²) >= 11 is 6.09. The molecule has 13 heteroatoms. The number of rotatable bonds is 9. The zero-order chi connectivity index (χ0) is 28.2. The van der Waals surface area contributed by atoms with Crippen LogP contribution in [-0.4, -0.2) is 39.3 Å². The number of carbonyl (C=O) groups is 1. The van der Waals surface area contributed by atoms with E-state index < -0.39 is 32.5 Å². The van der Waals surface area contributed by atoms with Crippen molar-refractivity contribution < 1.29 is 21.6 Å². The predicted octanol–water partition coefficient (Wildman–Crippen LogP) is 4.38. The Labute approximate surface area is 231 Å². The Bertz CT molecular complexity index is 1700. The van der Waals surface area contributed by atoms with Crippen molar-refractivity contribution in [1.29, 1.82) is 0 Å². The molecule has 2 N–H and O–H groups in total. The van der Waals surface area contributed by atoms with Crippen LogP contribution in [0.3, 0.4) is 0 Å². The number of nitrogens with zero attached hydrogens (tertiary/aromatic N) is 3. The Morgan fingerprint density at radius 1 is 0.821 bits per heavy atom. The van der Waals surface area contributed by atoms with Crippen LogP contribution in [0.25, 0.3) is 0 Å². The van der Waals surface area contributed by atoms with Crippen LogP contribution < -0.4 is 14.3 Å². The molecule has 0 atom stereocenters. The topological polar surface area (TPSA) is 138 Å². The quantitative estimate of drug-likeness (QED) is 0.297. The van der Waals surface area contributed by atoms with E-state index >= 15 is 0 Å². The van der Waals surface area contributed by atoms with Gasteiger partial charge in [-0.15, -0.1) is 0 Å². The highest BCUT2D eigenvalue weighted by molar-refractivity contribution is 7.93. The van der Waals surface area contributed by atoms with E-state index in [0.29, 0.717) is 16.4 Å². The standard InChI is InChI=1S/C26H24ClN5O5S2/c1-18-15-19(2)29-26(28-18)31-38(34,35)23-13-11-21(12-14-23)30-25(33)17-32(22-8-6-7-20(27)16-22)39(36,37)24-9-4-3-5-10-24/h3-16H,17H2,1-2H3,(H,30,33)(H,28,29,31). The molecule has 1 heterocycles. The molecular formula is C26H24ClN5O5S2. The third-order valence-corrected chi connectivity index (χ3v) is 8.74. The fraction of sp³-hybridized carbons (Fsp3) is 0.115. The van der Waals surface area contributed by atoms with Crippen molar-refractivity contribution in [1.82, 2.24) is 9.97 Å². The van der Waals surface area contributed by atoms with Gasteiger partial charge in [0.1, 0.15) is 6.54 Å². The van der Waals surface area contributed by atoms with Gasteiger partial charge in [0.15, 0.2) is 0 Å². The summed E-state index contributed by atoms with van der Waals surface area (Å²) in [6.07, 6.45) is 0. The molecule has 0 saturated carbocycles. The zero-order valence-electron chi connectivity index (χ0n) is 20.9. The first-order valence-corrected chi connectivity index (χ1v) is 14.8. The Morgan fingerprint density at radius 2 is 1.46 bits per heavy atom. The maximum absolute atomic E-state index is 13.4. The monoisotopic (exact) mass is 585 g/mol. The van der Waals surface area contributed by atoms with Crippen molar-refractivity contribution in [2.24, 2.45) is 0 Å². The highest BCUT2D eigenvalue weighted by Gasteiger charge is 2.27. The minimum absolute atomic E-state index is 0.00705. The number of sulfonamides is 2. The predicted molar refractivity (Wildman–Crippen MR) is 150 cm³/mol. The van der Waals surface area contributed by atoms with Gasteiger partial charge in [-0.2, -0.15) is 0 Å². The first kappa shape index (κ1) is 28.0. The molecule has 202 valence electrons. The van der Waals surface area contributed by atoms with E-state index in [1.54, 1.807) is 50.2 Å². The van der Waals surface area contributed by atoms with E-state index in [9.17, 15) is 21.6 Å². The van der Waals surface area contributed by atoms with Gasteiger partial charge in [0.25, 0.3) is 20.0 Å². The van der Waals surface area contributed by atoms with Crippen LogP contribution in [0.4, 0.5) is 17.3 Å². The lowest BCUT2D eigenvalue weighted by Crippen LogP contribution is -2.38. The van der Waals surface area contributed by atoms with Gasteiger partial charge in [-0.3, -0.25) is 9.10 Å². The van der Waals surface area contributed by atoms with Crippen molar-refractivity contribution in [3.63, 3.8) is 0 Å². The smallest absolute Gasteiger partial charge is 0.264 e. The lowest BCUT2D eigenvalue weighted by Gasteiger charge is -2.24. The minimum Gasteiger partial charge on any atom is -0.325 e. The summed E-state index contributed by atoms with van der Waals surface area (Å²) in [5, 5.41) is 2.91. The maximum Gasteiger partial charge on any atom is 0.264 e. The highest BCUT2D eigenvalue weighted by atomic mass is 35.5. The second-order valence-electron chi connectivity index (χ2n) is 8.46. The Balaban J connectivity index is 1.52. The maximum atomic E-state index is 13.4. The molecule has 4 aromatic rings. The number of anilines is 3. The molecule has 3 aromatic carbocycles. The van der Waals surface area contributed by atoms with E-state index in [-0.39, 0.29) is 27.1 Å². The molecule has 1 amide bonds. The Kier molecular flexibility index (Phi) is 8.19. The second-order valence-corrected chi connectivity index (χ2v) is 12.4. The van der Waals surface area contributed by atoms with Crippen molar-refractivity contribution >= 4 is 54.9 Å². The summed E-state index contributed by atoms with van der Waals surface area (Å²) in [6.45, 7) is 2.90. The second kappa shape index (κ2) is 11.4. The van der Waals surface area contributed by atoms with Gasteiger partial charge in [-0.25, -0.2) is 31.5 Å². The summed E-state index contributed by atoms with van der Waals surface area (Å²) < 4.78 is 55.6. The number of hydrogen-bond acceptors (Lipinski definition) is 7. The van der Waals surface area contributed by atoms with Crippen LogP contribution >= 0.6 is 11.6 Å². The molecule has 39 heavy (non-hydrogen) atoms. The molecule has 0 aliphatic heterocycles. The van der Waals surface area contributed by atoms with E-state index in [1.165, 1.54) is 48.5 Å². The van der Waals surface area contributed by atoms with Gasteiger partial charge >= 0.3 is 0 Å². The molecule has 4 rings (SSSR count). The fourth-order valence-corrected chi connectivity index (χ4v) is 6.23. The minimum atomic E-state index is -4.11. The highest BCUT2D eigenvalue weighted by Crippen LogP contribution is 2.26. The van der Waals surface area contributed by atoms with Crippen LogP contribution in [0.5, 0.6) is 0 Å². The van der Waals surface area contributed by atoms with Crippen molar-refractivity contribution in [3.05, 3.63) is 101 Å². The average molecular weight is 586 g/mol. The summed E-state index contributed by atoms with van der Waals surface area (Å²) in [7, 11) is -8.09. The van der Waals surface area contributed by atoms with E-state index in [4.69, 9.17) is 11.6 Å². The molecule has 0 aliphatic carbocycles. The lowest BCUT2D eigenvalue weighted by atomic mass is 10.3. The fourth-order valence-electron chi connectivity index (χ4n) is 3.67. The average Bonchev–Trinajstić information content (AvgIpc) is 2.87. The van der Waals surface area contributed by atoms with Gasteiger partial charge in [0.2, 0.25) is 11.9 Å². The number of benzene rings is 3. The normalized spacial score (nSPS) is 11.6. The third-order valence-electron chi connectivity index (χ3n) is 5.37. The Hall–Kier alpha value is -4.00. The summed E-state index contributed by atoms with van der Waals surface area (Å²) in [6, 6.07) is 21.0. The number of aryl methyl sites for hydroxylation is 2. The molecule has 0 unspecified atom stereocenters. The van der Waals surface area contributed by atoms with Gasteiger partial charge in [0.05, 0.1) is 15.5 Å². The molecule has 0 bridgehead atoms. The van der Waals surface area contributed by atoms with Crippen LogP contribution in [0.15, 0.2) is 94.7 Å². The molecule has 0 radical (unpaired) electrons. The molecule has 0 saturated heterocycles. The number of aromatic nitrogens is 2. The first-order valence-electron chi connectivity index (χ1n) is 11.5. The van der Waals surface area contributed by atoms with Gasteiger partial charge in [0, 0.05) is 22.1 Å². The van der Waals surface area contributed by atoms with Crippen molar-refractivity contribution in [2.75, 3.05) is 20.9 Å². The number of amides is 1. The van der Waals surface area contributed by atoms with E-state index in [1.807, 2.05) is 0 Å². The molecule has 0 spiro atoms. The van der Waals surface area contributed by atoms with Gasteiger partial charge < -0.3 is 5.32 Å². The van der Waals surface area contributed by atoms with Gasteiger partial charge in [-0.05, 0) is 74.5 Å². The van der Waals surface area contributed by atoms with Crippen molar-refractivity contribution in [2.45, 2.75) is 23.6 Å². The molecular weight excluding hydrogens is 562 g/mol. The SMILES string of the molecule is Cc1cc(C)nc(NS(=O)(=O)c2ccc(NC(=O)CN(c3cccc(Cl)c3)S(=O)(=O)c3ccccc3)cc2)n1. The molecule has 0 aliphatic rings.